The predicted molar refractivity (Wildman–Crippen MR) is 82.0 cm³/mol. The van der Waals surface area contributed by atoms with Gasteiger partial charge in [-0.3, -0.25) is 4.79 Å². The Morgan fingerprint density at radius 2 is 1.85 bits per heavy atom. The lowest BCUT2D eigenvalue weighted by Crippen LogP contribution is -2.19. The van der Waals surface area contributed by atoms with E-state index in [2.05, 4.69) is 5.32 Å². The first kappa shape index (κ1) is 14.9. The van der Waals surface area contributed by atoms with E-state index in [1.165, 1.54) is 12.1 Å². The Morgan fingerprint density at radius 3 is 2.25 bits per heavy atom. The molecule has 0 aromatic heterocycles. The lowest BCUT2D eigenvalue weighted by Gasteiger charge is -2.08. The summed E-state index contributed by atoms with van der Waals surface area (Å²) in [6, 6.07) is 4.33. The van der Waals surface area contributed by atoms with Crippen LogP contribution in [0, 0.1) is 22.6 Å². The maximum atomic E-state index is 13.9. The van der Waals surface area contributed by atoms with Crippen molar-refractivity contribution < 1.29 is 9.18 Å². The second-order valence-corrected chi connectivity index (χ2v) is 6.86. The van der Waals surface area contributed by atoms with Crippen molar-refractivity contribution in [2.45, 2.75) is 27.7 Å². The third-order valence-electron chi connectivity index (χ3n) is 4.79. The summed E-state index contributed by atoms with van der Waals surface area (Å²) in [7, 11) is 0. The number of benzene rings is 1. The summed E-state index contributed by atoms with van der Waals surface area (Å²) in [6.45, 7) is 8.18. The average molecular weight is 294 g/mol. The highest BCUT2D eigenvalue weighted by atomic mass is 32.1. The van der Waals surface area contributed by atoms with Gasteiger partial charge in [0.05, 0.1) is 5.69 Å². The van der Waals surface area contributed by atoms with Crippen molar-refractivity contribution in [2.24, 2.45) is 22.5 Å². The molecule has 1 aliphatic rings. The average Bonchev–Trinajstić information content (AvgIpc) is 2.72. The minimum atomic E-state index is -0.528. The number of halogens is 1. The topological polar surface area (TPSA) is 55.1 Å². The number of nitrogens with two attached hydrogens (primary N) is 1. The SMILES string of the molecule is CC1(C)C(C(=O)Nc2ccc(C(N)=S)cc2F)C1(C)C. The van der Waals surface area contributed by atoms with Crippen molar-refractivity contribution >= 4 is 28.8 Å². The molecule has 0 atom stereocenters. The molecule has 1 aliphatic carbocycles. The molecule has 0 aliphatic heterocycles. The second-order valence-electron chi connectivity index (χ2n) is 6.42. The number of rotatable bonds is 3. The first-order chi connectivity index (χ1) is 9.09. The number of carbonyl (C=O) groups excluding carboxylic acids is 1. The molecule has 0 saturated heterocycles. The number of nitrogens with one attached hydrogen (secondary N) is 1. The fraction of sp³-hybridized carbons (Fsp3) is 0.467. The van der Waals surface area contributed by atoms with Gasteiger partial charge in [0.2, 0.25) is 5.91 Å². The minimum Gasteiger partial charge on any atom is -0.389 e. The molecular weight excluding hydrogens is 275 g/mol. The molecule has 1 aromatic carbocycles. The molecule has 20 heavy (non-hydrogen) atoms. The quantitative estimate of drug-likeness (QED) is 0.842. The van der Waals surface area contributed by atoms with Crippen molar-refractivity contribution in [2.75, 3.05) is 5.32 Å². The number of amides is 1. The lowest BCUT2D eigenvalue weighted by atomic mass is 10.0. The fourth-order valence-electron chi connectivity index (χ4n) is 2.83. The molecule has 0 bridgehead atoms. The zero-order chi connectivity index (χ0) is 15.3. The van der Waals surface area contributed by atoms with Gasteiger partial charge >= 0.3 is 0 Å². The molecule has 0 heterocycles. The van der Waals surface area contributed by atoms with Gasteiger partial charge < -0.3 is 11.1 Å². The number of hydrogen-bond donors (Lipinski definition) is 2. The number of carbonyl (C=O) groups is 1. The van der Waals surface area contributed by atoms with Crippen LogP contribution in [0.2, 0.25) is 0 Å². The highest BCUT2D eigenvalue weighted by Gasteiger charge is 2.68. The lowest BCUT2D eigenvalue weighted by molar-refractivity contribution is -0.118. The number of thiocarbonyl (C=S) groups is 1. The van der Waals surface area contributed by atoms with Gasteiger partial charge in [-0.05, 0) is 29.0 Å². The van der Waals surface area contributed by atoms with Crippen molar-refractivity contribution in [3.05, 3.63) is 29.6 Å². The monoisotopic (exact) mass is 294 g/mol. The summed E-state index contributed by atoms with van der Waals surface area (Å²) in [5.41, 5.74) is 5.89. The molecule has 1 saturated carbocycles. The van der Waals surface area contributed by atoms with Gasteiger partial charge in [-0.25, -0.2) is 4.39 Å². The fourth-order valence-corrected chi connectivity index (χ4v) is 2.95. The zero-order valence-corrected chi connectivity index (χ0v) is 12.9. The van der Waals surface area contributed by atoms with Crippen LogP contribution in [0.5, 0.6) is 0 Å². The van der Waals surface area contributed by atoms with E-state index in [1.54, 1.807) is 6.07 Å². The molecule has 1 fully saturated rings. The summed E-state index contributed by atoms with van der Waals surface area (Å²) in [5, 5.41) is 2.65. The van der Waals surface area contributed by atoms with Gasteiger partial charge in [0.15, 0.2) is 0 Å². The predicted octanol–water partition coefficient (Wildman–Crippen LogP) is 3.08. The second kappa shape index (κ2) is 4.52. The Hall–Kier alpha value is -1.49. The highest BCUT2D eigenvalue weighted by molar-refractivity contribution is 7.80. The first-order valence-corrected chi connectivity index (χ1v) is 6.90. The van der Waals surface area contributed by atoms with E-state index < -0.39 is 5.82 Å². The standard InChI is InChI=1S/C15H19FN2OS/c1-14(2)11(15(14,3)4)13(19)18-10-6-5-8(12(17)20)7-9(10)16/h5-7,11H,1-4H3,(H2,17,20)(H,18,19). The van der Waals surface area contributed by atoms with Crippen LogP contribution in [0.1, 0.15) is 33.3 Å². The van der Waals surface area contributed by atoms with Crippen molar-refractivity contribution in [3.63, 3.8) is 0 Å². The third kappa shape index (κ3) is 2.20. The normalized spacial score (nSPS) is 19.4. The summed E-state index contributed by atoms with van der Waals surface area (Å²) < 4.78 is 13.9. The smallest absolute Gasteiger partial charge is 0.228 e. The molecule has 3 nitrogen and oxygen atoms in total. The molecule has 5 heteroatoms. The Morgan fingerprint density at radius 1 is 1.30 bits per heavy atom. The Balaban J connectivity index is 2.16. The van der Waals surface area contributed by atoms with Crippen LogP contribution in [0.3, 0.4) is 0 Å². The Kier molecular flexibility index (Phi) is 3.37. The van der Waals surface area contributed by atoms with Gasteiger partial charge in [-0.1, -0.05) is 39.9 Å². The van der Waals surface area contributed by atoms with Gasteiger partial charge in [0.1, 0.15) is 10.8 Å². The maximum Gasteiger partial charge on any atom is 0.228 e. The van der Waals surface area contributed by atoms with Gasteiger partial charge in [0.25, 0.3) is 0 Å². The zero-order valence-electron chi connectivity index (χ0n) is 12.1. The van der Waals surface area contributed by atoms with Crippen molar-refractivity contribution in [1.82, 2.24) is 0 Å². The number of anilines is 1. The van der Waals surface area contributed by atoms with Crippen LogP contribution in [0.15, 0.2) is 18.2 Å². The van der Waals surface area contributed by atoms with Crippen LogP contribution < -0.4 is 11.1 Å². The van der Waals surface area contributed by atoms with Crippen LogP contribution >= 0.6 is 12.2 Å². The molecule has 0 unspecified atom stereocenters. The Labute approximate surface area is 123 Å². The van der Waals surface area contributed by atoms with Gasteiger partial charge in [-0.15, -0.1) is 0 Å². The molecule has 1 amide bonds. The third-order valence-corrected chi connectivity index (χ3v) is 5.03. The molecular formula is C15H19FN2OS. The molecule has 1 aromatic rings. The van der Waals surface area contributed by atoms with E-state index in [-0.39, 0.29) is 33.3 Å². The summed E-state index contributed by atoms with van der Waals surface area (Å²) >= 11 is 4.79. The number of hydrogen-bond acceptors (Lipinski definition) is 2. The van der Waals surface area contributed by atoms with E-state index in [0.29, 0.717) is 5.56 Å². The van der Waals surface area contributed by atoms with Crippen LogP contribution in [-0.4, -0.2) is 10.9 Å². The van der Waals surface area contributed by atoms with Gasteiger partial charge in [-0.2, -0.15) is 0 Å². The van der Waals surface area contributed by atoms with Crippen molar-refractivity contribution in [1.29, 1.82) is 0 Å². The van der Waals surface area contributed by atoms with Crippen LogP contribution in [0.4, 0.5) is 10.1 Å². The summed E-state index contributed by atoms with van der Waals surface area (Å²) in [4.78, 5) is 12.4. The van der Waals surface area contributed by atoms with E-state index in [1.807, 2.05) is 27.7 Å². The van der Waals surface area contributed by atoms with E-state index >= 15 is 0 Å². The summed E-state index contributed by atoms with van der Waals surface area (Å²) in [5.74, 6) is -0.799. The highest BCUT2D eigenvalue weighted by Crippen LogP contribution is 2.68. The largest absolute Gasteiger partial charge is 0.389 e. The van der Waals surface area contributed by atoms with Crippen LogP contribution in [0.25, 0.3) is 0 Å². The molecule has 0 radical (unpaired) electrons. The summed E-state index contributed by atoms with van der Waals surface area (Å²) in [6.07, 6.45) is 0. The molecule has 0 spiro atoms. The van der Waals surface area contributed by atoms with Crippen LogP contribution in [-0.2, 0) is 4.79 Å². The minimum absolute atomic E-state index is 0.0771. The van der Waals surface area contributed by atoms with E-state index in [9.17, 15) is 9.18 Å². The molecule has 108 valence electrons. The van der Waals surface area contributed by atoms with Gasteiger partial charge in [0, 0.05) is 11.5 Å². The molecule has 2 rings (SSSR count). The molecule has 3 N–H and O–H groups in total. The van der Waals surface area contributed by atoms with E-state index in [0.717, 1.165) is 0 Å². The van der Waals surface area contributed by atoms with Crippen molar-refractivity contribution in [3.8, 4) is 0 Å². The first-order valence-electron chi connectivity index (χ1n) is 6.49. The Bertz CT molecular complexity index is 582. The maximum absolute atomic E-state index is 13.9. The van der Waals surface area contributed by atoms with E-state index in [4.69, 9.17) is 18.0 Å².